The predicted octanol–water partition coefficient (Wildman–Crippen LogP) is 3.30. The molecule has 6 nitrogen and oxygen atoms in total. The van der Waals surface area contributed by atoms with E-state index in [4.69, 9.17) is 0 Å². The molecule has 0 spiro atoms. The molecule has 4 bridgehead atoms. The van der Waals surface area contributed by atoms with Crippen molar-refractivity contribution in [2.45, 2.75) is 57.4 Å². The fourth-order valence-corrected chi connectivity index (χ4v) is 7.10. The summed E-state index contributed by atoms with van der Waals surface area (Å²) in [5, 5.41) is 6.29. The Morgan fingerprint density at radius 3 is 2.19 bits per heavy atom. The van der Waals surface area contributed by atoms with Crippen LogP contribution in [-0.4, -0.2) is 55.1 Å². The highest BCUT2D eigenvalue weighted by Gasteiger charge is 2.51. The lowest BCUT2D eigenvalue weighted by molar-refractivity contribution is -0.131. The van der Waals surface area contributed by atoms with Gasteiger partial charge in [0.1, 0.15) is 0 Å². The molecule has 6 rings (SSSR count). The number of hydrogen-bond acceptors (Lipinski definition) is 3. The van der Waals surface area contributed by atoms with Crippen molar-refractivity contribution in [2.75, 3.05) is 37.6 Å². The second-order valence-electron chi connectivity index (χ2n) is 10.5. The number of carbonyl (C=O) groups is 2. The maximum atomic E-state index is 12.6. The second kappa shape index (κ2) is 8.36. The average molecular weight is 425 g/mol. The molecule has 5 fully saturated rings. The summed E-state index contributed by atoms with van der Waals surface area (Å²) in [7, 11) is 0. The second-order valence-corrected chi connectivity index (χ2v) is 10.5. The molecular formula is C25H36N4O2. The van der Waals surface area contributed by atoms with Crippen molar-refractivity contribution in [3.05, 3.63) is 29.8 Å². The molecule has 0 aromatic heterocycles. The Bertz CT molecular complexity index is 795. The number of amides is 3. The zero-order chi connectivity index (χ0) is 21.4. The Labute approximate surface area is 185 Å². The van der Waals surface area contributed by atoms with Crippen LogP contribution in [-0.2, 0) is 4.79 Å². The molecule has 1 aliphatic heterocycles. The Morgan fingerprint density at radius 1 is 0.968 bits per heavy atom. The van der Waals surface area contributed by atoms with Crippen LogP contribution in [0.25, 0.3) is 0 Å². The van der Waals surface area contributed by atoms with E-state index in [1.165, 1.54) is 30.5 Å². The van der Waals surface area contributed by atoms with Crippen molar-refractivity contribution < 1.29 is 9.59 Å². The third-order valence-electron chi connectivity index (χ3n) is 8.13. The minimum absolute atomic E-state index is 0.0226. The lowest BCUT2D eigenvalue weighted by Gasteiger charge is -2.56. The molecule has 0 unspecified atom stereocenters. The molecular weight excluding hydrogens is 388 g/mol. The number of nitrogens with zero attached hydrogens (tertiary/aromatic N) is 2. The Kier molecular flexibility index (Phi) is 5.57. The van der Waals surface area contributed by atoms with Crippen LogP contribution >= 0.6 is 0 Å². The zero-order valence-electron chi connectivity index (χ0n) is 18.7. The first kappa shape index (κ1) is 20.7. The summed E-state index contributed by atoms with van der Waals surface area (Å²) in [5.74, 6) is 2.57. The van der Waals surface area contributed by atoms with Gasteiger partial charge in [0.05, 0.1) is 0 Å². The minimum Gasteiger partial charge on any atom is -0.368 e. The van der Waals surface area contributed by atoms with Gasteiger partial charge in [-0.05, 0) is 74.8 Å². The topological polar surface area (TPSA) is 64.7 Å². The molecule has 1 saturated heterocycles. The first-order valence-corrected chi connectivity index (χ1v) is 12.1. The van der Waals surface area contributed by atoms with Crippen molar-refractivity contribution in [2.24, 2.45) is 17.8 Å². The van der Waals surface area contributed by atoms with Gasteiger partial charge in [0.15, 0.2) is 0 Å². The van der Waals surface area contributed by atoms with E-state index < -0.39 is 0 Å². The normalized spacial score (nSPS) is 31.6. The number of rotatable bonds is 5. The largest absolute Gasteiger partial charge is 0.368 e. The SMILES string of the molecule is Cc1ccccc1N1CCN(C(=O)CCNC(=O)NC23CC4CC(CC(C4)C2)C3)CC1. The minimum atomic E-state index is -0.0841. The maximum Gasteiger partial charge on any atom is 0.315 e. The van der Waals surface area contributed by atoms with E-state index in [1.54, 1.807) is 0 Å². The van der Waals surface area contributed by atoms with Crippen LogP contribution in [0.4, 0.5) is 10.5 Å². The first-order valence-electron chi connectivity index (χ1n) is 12.1. The van der Waals surface area contributed by atoms with E-state index in [-0.39, 0.29) is 17.5 Å². The van der Waals surface area contributed by atoms with Gasteiger partial charge in [0, 0.05) is 50.4 Å². The van der Waals surface area contributed by atoms with Gasteiger partial charge in [-0.3, -0.25) is 4.79 Å². The van der Waals surface area contributed by atoms with Crippen LogP contribution in [0.2, 0.25) is 0 Å². The van der Waals surface area contributed by atoms with Crippen molar-refractivity contribution in [3.8, 4) is 0 Å². The highest BCUT2D eigenvalue weighted by Crippen LogP contribution is 2.55. The molecule has 0 radical (unpaired) electrons. The summed E-state index contributed by atoms with van der Waals surface area (Å²) < 4.78 is 0. The van der Waals surface area contributed by atoms with Crippen LogP contribution in [0.5, 0.6) is 0 Å². The first-order chi connectivity index (χ1) is 15.0. The summed E-state index contributed by atoms with van der Waals surface area (Å²) >= 11 is 0. The third kappa shape index (κ3) is 4.39. The molecule has 1 heterocycles. The highest BCUT2D eigenvalue weighted by atomic mass is 16.2. The van der Waals surface area contributed by atoms with Crippen molar-refractivity contribution in [1.29, 1.82) is 0 Å². The average Bonchev–Trinajstić information content (AvgIpc) is 2.73. The van der Waals surface area contributed by atoms with Gasteiger partial charge in [-0.25, -0.2) is 4.79 Å². The number of hydrogen-bond donors (Lipinski definition) is 2. The van der Waals surface area contributed by atoms with Crippen LogP contribution in [0.1, 0.15) is 50.5 Å². The molecule has 0 atom stereocenters. The Balaban J connectivity index is 1.04. The zero-order valence-corrected chi connectivity index (χ0v) is 18.7. The molecule has 6 heteroatoms. The summed E-state index contributed by atoms with van der Waals surface area (Å²) in [6, 6.07) is 8.33. The van der Waals surface area contributed by atoms with Gasteiger partial charge >= 0.3 is 6.03 Å². The van der Waals surface area contributed by atoms with Gasteiger partial charge in [-0.1, -0.05) is 18.2 Å². The molecule has 5 aliphatic rings. The number of aryl methyl sites for hydroxylation is 1. The van der Waals surface area contributed by atoms with Crippen LogP contribution < -0.4 is 15.5 Å². The number of urea groups is 1. The van der Waals surface area contributed by atoms with Gasteiger partial charge in [-0.15, -0.1) is 0 Å². The number of para-hydroxylation sites is 1. The van der Waals surface area contributed by atoms with Gasteiger partial charge in [0.2, 0.25) is 5.91 Å². The van der Waals surface area contributed by atoms with Gasteiger partial charge < -0.3 is 20.4 Å². The highest BCUT2D eigenvalue weighted by molar-refractivity contribution is 5.79. The lowest BCUT2D eigenvalue weighted by Crippen LogP contribution is -2.61. The Hall–Kier alpha value is -2.24. The summed E-state index contributed by atoms with van der Waals surface area (Å²) in [4.78, 5) is 29.5. The van der Waals surface area contributed by atoms with Crippen LogP contribution in [0.3, 0.4) is 0 Å². The van der Waals surface area contributed by atoms with E-state index >= 15 is 0 Å². The maximum absolute atomic E-state index is 12.6. The van der Waals surface area contributed by atoms with Crippen molar-refractivity contribution in [1.82, 2.24) is 15.5 Å². The fourth-order valence-electron chi connectivity index (χ4n) is 7.10. The Morgan fingerprint density at radius 2 is 1.58 bits per heavy atom. The molecule has 168 valence electrons. The van der Waals surface area contributed by atoms with E-state index in [2.05, 4.69) is 46.7 Å². The molecule has 1 aromatic rings. The molecule has 3 amide bonds. The molecule has 4 saturated carbocycles. The number of anilines is 1. The van der Waals surface area contributed by atoms with E-state index in [0.717, 1.165) is 63.2 Å². The standard InChI is InChI=1S/C25H36N4O2/c1-18-4-2-3-5-22(18)28-8-10-29(11-9-28)23(30)6-7-26-24(31)27-25-15-19-12-20(16-25)14-21(13-19)17-25/h2-5,19-21H,6-17H2,1H3,(H2,26,27,31). The lowest BCUT2D eigenvalue weighted by atomic mass is 9.53. The third-order valence-corrected chi connectivity index (χ3v) is 8.13. The molecule has 4 aliphatic carbocycles. The van der Waals surface area contributed by atoms with Crippen molar-refractivity contribution >= 4 is 17.6 Å². The van der Waals surface area contributed by atoms with Crippen molar-refractivity contribution in [3.63, 3.8) is 0 Å². The van der Waals surface area contributed by atoms with E-state index in [1.807, 2.05) is 4.90 Å². The quantitative estimate of drug-likeness (QED) is 0.762. The van der Waals surface area contributed by atoms with E-state index in [0.29, 0.717) is 13.0 Å². The van der Waals surface area contributed by atoms with Gasteiger partial charge in [-0.2, -0.15) is 0 Å². The number of benzene rings is 1. The van der Waals surface area contributed by atoms with Crippen LogP contribution in [0, 0.1) is 24.7 Å². The van der Waals surface area contributed by atoms with Gasteiger partial charge in [0.25, 0.3) is 0 Å². The number of piperazine rings is 1. The fraction of sp³-hybridized carbons (Fsp3) is 0.680. The number of carbonyl (C=O) groups excluding carboxylic acids is 2. The predicted molar refractivity (Wildman–Crippen MR) is 122 cm³/mol. The monoisotopic (exact) mass is 424 g/mol. The molecule has 1 aromatic carbocycles. The summed E-state index contributed by atoms with van der Waals surface area (Å²) in [6.45, 7) is 5.74. The van der Waals surface area contributed by atoms with E-state index in [9.17, 15) is 9.59 Å². The number of nitrogens with one attached hydrogen (secondary N) is 2. The van der Waals surface area contributed by atoms with Crippen LogP contribution in [0.15, 0.2) is 24.3 Å². The summed E-state index contributed by atoms with van der Waals surface area (Å²) in [6.07, 6.45) is 7.93. The molecule has 2 N–H and O–H groups in total. The molecule has 31 heavy (non-hydrogen) atoms. The smallest absolute Gasteiger partial charge is 0.315 e. The summed E-state index contributed by atoms with van der Waals surface area (Å²) in [5.41, 5.74) is 2.56.